The molecule has 3 aliphatic rings. The van der Waals surface area contributed by atoms with Crippen LogP contribution in [-0.4, -0.2) is 83.2 Å². The van der Waals surface area contributed by atoms with Crippen LogP contribution in [-0.2, 0) is 20.8 Å². The highest BCUT2D eigenvalue weighted by molar-refractivity contribution is 5.95. The van der Waals surface area contributed by atoms with Crippen molar-refractivity contribution in [1.29, 1.82) is 0 Å². The van der Waals surface area contributed by atoms with E-state index in [4.69, 9.17) is 4.74 Å². The van der Waals surface area contributed by atoms with Gasteiger partial charge in [0.2, 0.25) is 11.8 Å². The summed E-state index contributed by atoms with van der Waals surface area (Å²) in [6.45, 7) is 2.93. The lowest BCUT2D eigenvalue weighted by atomic mass is 10.00. The molecule has 5 rings (SSSR count). The number of ether oxygens (including phenoxy) is 1. The van der Waals surface area contributed by atoms with E-state index in [1.165, 1.54) is 6.42 Å². The molecule has 2 amide bonds. The number of benzene rings is 2. The number of carbonyl (C=O) groups excluding carboxylic acids is 3. The molecule has 2 aromatic carbocycles. The second kappa shape index (κ2) is 12.6. The molecule has 0 unspecified atom stereocenters. The summed E-state index contributed by atoms with van der Waals surface area (Å²) in [4.78, 5) is 46.9. The van der Waals surface area contributed by atoms with Crippen molar-refractivity contribution in [2.75, 3.05) is 32.8 Å². The summed E-state index contributed by atoms with van der Waals surface area (Å²) in [6, 6.07) is 18.2. The van der Waals surface area contributed by atoms with Gasteiger partial charge in [-0.1, -0.05) is 55.0 Å². The zero-order valence-electron chi connectivity index (χ0n) is 22.2. The Hall–Kier alpha value is -3.19. The van der Waals surface area contributed by atoms with Crippen LogP contribution in [0.2, 0.25) is 0 Å². The Balaban J connectivity index is 1.28. The van der Waals surface area contributed by atoms with Gasteiger partial charge in [0, 0.05) is 13.1 Å². The molecule has 7 heteroatoms. The van der Waals surface area contributed by atoms with Gasteiger partial charge in [-0.15, -0.1) is 0 Å². The Labute approximate surface area is 225 Å². The average Bonchev–Trinajstić information content (AvgIpc) is 3.66. The van der Waals surface area contributed by atoms with E-state index in [0.29, 0.717) is 38.1 Å². The van der Waals surface area contributed by atoms with E-state index in [0.717, 1.165) is 44.3 Å². The van der Waals surface area contributed by atoms with E-state index in [9.17, 15) is 14.4 Å². The second-order valence-corrected chi connectivity index (χ2v) is 10.7. The van der Waals surface area contributed by atoms with Crippen LogP contribution in [0.15, 0.2) is 60.7 Å². The van der Waals surface area contributed by atoms with Gasteiger partial charge >= 0.3 is 0 Å². The van der Waals surface area contributed by atoms with Gasteiger partial charge in [0.05, 0.1) is 12.1 Å². The largest absolute Gasteiger partial charge is 0.486 e. The minimum atomic E-state index is -0.492. The molecule has 3 fully saturated rings. The molecule has 0 radical (unpaired) electrons. The van der Waals surface area contributed by atoms with E-state index < -0.39 is 12.1 Å². The lowest BCUT2D eigenvalue weighted by Crippen LogP contribution is -2.56. The molecule has 3 heterocycles. The van der Waals surface area contributed by atoms with E-state index in [1.807, 2.05) is 53.4 Å². The molecule has 2 aromatic rings. The van der Waals surface area contributed by atoms with Gasteiger partial charge in [-0.25, -0.2) is 0 Å². The van der Waals surface area contributed by atoms with Gasteiger partial charge in [0.15, 0.2) is 5.78 Å². The minimum Gasteiger partial charge on any atom is -0.486 e. The van der Waals surface area contributed by atoms with Crippen LogP contribution >= 0.6 is 0 Å². The van der Waals surface area contributed by atoms with Crippen LogP contribution in [0.3, 0.4) is 0 Å². The third-order valence-electron chi connectivity index (χ3n) is 8.24. The highest BCUT2D eigenvalue weighted by atomic mass is 16.5. The molecular formula is C31H39N3O4. The number of carbonyl (C=O) groups is 3. The van der Waals surface area contributed by atoms with Crippen molar-refractivity contribution in [2.24, 2.45) is 0 Å². The number of hydrogen-bond acceptors (Lipinski definition) is 5. The van der Waals surface area contributed by atoms with Gasteiger partial charge in [-0.05, 0) is 75.7 Å². The smallest absolute Gasteiger partial charge is 0.245 e. The molecule has 7 nitrogen and oxygen atoms in total. The van der Waals surface area contributed by atoms with Crippen molar-refractivity contribution in [2.45, 2.75) is 69.5 Å². The quantitative estimate of drug-likeness (QED) is 0.507. The summed E-state index contributed by atoms with van der Waals surface area (Å²) in [5.41, 5.74) is 1.14. The number of nitrogens with zero attached hydrogens (tertiary/aromatic N) is 3. The Morgan fingerprint density at radius 3 is 2.08 bits per heavy atom. The first kappa shape index (κ1) is 26.4. The van der Waals surface area contributed by atoms with Gasteiger partial charge in [0.1, 0.15) is 18.4 Å². The maximum Gasteiger partial charge on any atom is 0.245 e. The third kappa shape index (κ3) is 6.09. The first-order valence-corrected chi connectivity index (χ1v) is 14.2. The van der Waals surface area contributed by atoms with Crippen LogP contribution in [0.1, 0.15) is 50.5 Å². The lowest BCUT2D eigenvalue weighted by Gasteiger charge is -2.38. The summed E-state index contributed by atoms with van der Waals surface area (Å²) < 4.78 is 5.69. The number of rotatable bonds is 9. The van der Waals surface area contributed by atoms with Gasteiger partial charge in [0.25, 0.3) is 0 Å². The molecule has 0 aromatic heterocycles. The molecule has 0 bridgehead atoms. The molecular weight excluding hydrogens is 478 g/mol. The number of piperidine rings is 1. The van der Waals surface area contributed by atoms with Crippen molar-refractivity contribution in [3.63, 3.8) is 0 Å². The van der Waals surface area contributed by atoms with Crippen molar-refractivity contribution >= 4 is 17.6 Å². The van der Waals surface area contributed by atoms with Crippen LogP contribution in [0, 0.1) is 0 Å². The summed E-state index contributed by atoms with van der Waals surface area (Å²) in [6.07, 6.45) is 6.95. The maximum atomic E-state index is 14.1. The highest BCUT2D eigenvalue weighted by Crippen LogP contribution is 2.28. The lowest BCUT2D eigenvalue weighted by molar-refractivity contribution is -0.149. The predicted molar refractivity (Wildman–Crippen MR) is 146 cm³/mol. The number of amides is 2. The van der Waals surface area contributed by atoms with E-state index in [1.54, 1.807) is 4.90 Å². The third-order valence-corrected chi connectivity index (χ3v) is 8.24. The fraction of sp³-hybridized carbons (Fsp3) is 0.516. The summed E-state index contributed by atoms with van der Waals surface area (Å²) in [7, 11) is 0. The first-order chi connectivity index (χ1) is 18.6. The van der Waals surface area contributed by atoms with Gasteiger partial charge < -0.3 is 14.5 Å². The molecule has 0 spiro atoms. The molecule has 0 N–H and O–H groups in total. The molecule has 202 valence electrons. The van der Waals surface area contributed by atoms with Gasteiger partial charge in [-0.3, -0.25) is 19.3 Å². The number of hydrogen-bond donors (Lipinski definition) is 0. The number of likely N-dealkylation sites (tertiary alicyclic amines) is 3. The standard InChI is InChI=1S/C31H39N3O4/c35-29(23-38-25-14-6-2-7-15-25)26-16-10-20-33(26)30(36)27-17-11-21-34(27)31(37)28(32-18-8-3-9-19-32)22-24-12-4-1-5-13-24/h1-2,4-7,12-15,26-28H,3,8-11,16-23H2/t26-,27+,28-/m0/s1. The number of ketones is 1. The minimum absolute atomic E-state index is 0.0557. The Kier molecular flexibility index (Phi) is 8.74. The summed E-state index contributed by atoms with van der Waals surface area (Å²) >= 11 is 0. The fourth-order valence-electron chi connectivity index (χ4n) is 6.24. The Bertz CT molecular complexity index is 1090. The van der Waals surface area contributed by atoms with Crippen LogP contribution < -0.4 is 4.74 Å². The van der Waals surface area contributed by atoms with Crippen LogP contribution in [0.5, 0.6) is 5.75 Å². The topological polar surface area (TPSA) is 70.2 Å². The monoisotopic (exact) mass is 517 g/mol. The Morgan fingerprint density at radius 2 is 1.37 bits per heavy atom. The maximum absolute atomic E-state index is 14.1. The Morgan fingerprint density at radius 1 is 0.737 bits per heavy atom. The van der Waals surface area contributed by atoms with Crippen molar-refractivity contribution in [3.05, 3.63) is 66.2 Å². The second-order valence-electron chi connectivity index (χ2n) is 10.7. The highest BCUT2D eigenvalue weighted by Gasteiger charge is 2.44. The molecule has 3 atom stereocenters. The van der Waals surface area contributed by atoms with Crippen molar-refractivity contribution in [3.8, 4) is 5.75 Å². The van der Waals surface area contributed by atoms with E-state index >= 15 is 0 Å². The zero-order chi connectivity index (χ0) is 26.3. The van der Waals surface area contributed by atoms with Crippen molar-refractivity contribution < 1.29 is 19.1 Å². The van der Waals surface area contributed by atoms with Gasteiger partial charge in [-0.2, -0.15) is 0 Å². The number of para-hydroxylation sites is 1. The fourth-order valence-corrected chi connectivity index (χ4v) is 6.24. The SMILES string of the molecule is O=C(COc1ccccc1)[C@@H]1CCCN1C(=O)[C@H]1CCCN1C(=O)[C@H](Cc1ccccc1)N1CCCCC1. The first-order valence-electron chi connectivity index (χ1n) is 14.2. The van der Waals surface area contributed by atoms with Crippen molar-refractivity contribution in [1.82, 2.24) is 14.7 Å². The molecule has 3 saturated heterocycles. The zero-order valence-corrected chi connectivity index (χ0v) is 22.2. The van der Waals surface area contributed by atoms with Crippen LogP contribution in [0.25, 0.3) is 0 Å². The molecule has 38 heavy (non-hydrogen) atoms. The summed E-state index contributed by atoms with van der Waals surface area (Å²) in [5, 5.41) is 0. The van der Waals surface area contributed by atoms with E-state index in [2.05, 4.69) is 17.0 Å². The summed E-state index contributed by atoms with van der Waals surface area (Å²) in [5.74, 6) is 0.543. The van der Waals surface area contributed by atoms with Crippen LogP contribution in [0.4, 0.5) is 0 Å². The molecule has 0 aliphatic carbocycles. The predicted octanol–water partition coefficient (Wildman–Crippen LogP) is 3.71. The molecule has 0 saturated carbocycles. The molecule has 3 aliphatic heterocycles. The normalized spacial score (nSPS) is 22.8. The average molecular weight is 518 g/mol. The number of Topliss-reactive ketones (excluding diaryl/α,β-unsaturated/α-hetero) is 1. The van der Waals surface area contributed by atoms with E-state index in [-0.39, 0.29) is 30.2 Å².